The lowest BCUT2D eigenvalue weighted by Crippen LogP contribution is -2.13. The van der Waals surface area contributed by atoms with Gasteiger partial charge in [-0.2, -0.15) is 0 Å². The highest BCUT2D eigenvalue weighted by Crippen LogP contribution is 2.31. The third-order valence-corrected chi connectivity index (χ3v) is 2.90. The largest absolute Gasteiger partial charge is 0.317 e. The Morgan fingerprint density at radius 1 is 1.46 bits per heavy atom. The average Bonchev–Trinajstić information content (AvgIpc) is 2.06. The van der Waals surface area contributed by atoms with E-state index >= 15 is 0 Å². The van der Waals surface area contributed by atoms with E-state index in [0.717, 1.165) is 19.0 Å². The summed E-state index contributed by atoms with van der Waals surface area (Å²) in [5.41, 5.74) is 1.60. The van der Waals surface area contributed by atoms with E-state index in [4.69, 9.17) is 0 Å². The van der Waals surface area contributed by atoms with E-state index in [2.05, 4.69) is 25.2 Å². The van der Waals surface area contributed by atoms with Gasteiger partial charge in [0.25, 0.3) is 0 Å². The predicted molar refractivity (Wildman–Crippen MR) is 58.9 cm³/mol. The molecule has 1 fully saturated rings. The van der Waals surface area contributed by atoms with Gasteiger partial charge >= 0.3 is 0 Å². The van der Waals surface area contributed by atoms with Gasteiger partial charge in [-0.25, -0.2) is 0 Å². The first-order chi connectivity index (χ1) is 6.33. The molecule has 1 aliphatic carbocycles. The van der Waals surface area contributed by atoms with Crippen molar-refractivity contribution < 1.29 is 0 Å². The van der Waals surface area contributed by atoms with E-state index in [9.17, 15) is 0 Å². The van der Waals surface area contributed by atoms with Crippen LogP contribution in [0.15, 0.2) is 11.6 Å². The highest BCUT2D eigenvalue weighted by Gasteiger charge is 2.16. The SMILES string of the molecule is CCNCCC=C(C)CC1CCC1. The molecule has 0 atom stereocenters. The maximum absolute atomic E-state index is 3.34. The van der Waals surface area contributed by atoms with Gasteiger partial charge in [0, 0.05) is 0 Å². The second-order valence-corrected chi connectivity index (χ2v) is 4.19. The summed E-state index contributed by atoms with van der Waals surface area (Å²) >= 11 is 0. The minimum absolute atomic E-state index is 1.02. The summed E-state index contributed by atoms with van der Waals surface area (Å²) in [6, 6.07) is 0. The molecule has 0 unspecified atom stereocenters. The Kier molecular flexibility index (Phi) is 5.14. The van der Waals surface area contributed by atoms with E-state index in [0.29, 0.717) is 0 Å². The Hall–Kier alpha value is -0.300. The Balaban J connectivity index is 2.02. The Morgan fingerprint density at radius 3 is 2.77 bits per heavy atom. The van der Waals surface area contributed by atoms with Crippen LogP contribution in [0.2, 0.25) is 0 Å². The molecule has 0 radical (unpaired) electrons. The van der Waals surface area contributed by atoms with Crippen LogP contribution in [-0.4, -0.2) is 13.1 Å². The lowest BCUT2D eigenvalue weighted by atomic mass is 9.81. The molecule has 1 aliphatic rings. The van der Waals surface area contributed by atoms with Gasteiger partial charge in [0.05, 0.1) is 0 Å². The van der Waals surface area contributed by atoms with Gasteiger partial charge in [-0.15, -0.1) is 0 Å². The predicted octanol–water partition coefficient (Wildman–Crippen LogP) is 3.12. The van der Waals surface area contributed by atoms with Gasteiger partial charge in [-0.1, -0.05) is 37.8 Å². The zero-order valence-corrected chi connectivity index (χ0v) is 9.10. The molecule has 0 aromatic rings. The summed E-state index contributed by atoms with van der Waals surface area (Å²) in [6.45, 7) is 6.67. The zero-order chi connectivity index (χ0) is 9.52. The Labute approximate surface area is 82.6 Å². The van der Waals surface area contributed by atoms with Gasteiger partial charge in [0.1, 0.15) is 0 Å². The van der Waals surface area contributed by atoms with Crippen LogP contribution in [0.1, 0.15) is 46.0 Å². The highest BCUT2D eigenvalue weighted by molar-refractivity contribution is 5.00. The van der Waals surface area contributed by atoms with E-state index in [1.807, 2.05) is 0 Å². The molecule has 1 rings (SSSR count). The van der Waals surface area contributed by atoms with Gasteiger partial charge in [-0.05, 0) is 38.8 Å². The molecule has 1 heteroatoms. The smallest absolute Gasteiger partial charge is 0.00143 e. The summed E-state index contributed by atoms with van der Waals surface area (Å²) in [5, 5.41) is 3.34. The van der Waals surface area contributed by atoms with Crippen LogP contribution in [0.25, 0.3) is 0 Å². The van der Waals surface area contributed by atoms with Crippen LogP contribution in [-0.2, 0) is 0 Å². The molecular formula is C12H23N. The molecule has 0 heterocycles. The Morgan fingerprint density at radius 2 is 2.23 bits per heavy atom. The van der Waals surface area contributed by atoms with Crippen LogP contribution in [0.4, 0.5) is 0 Å². The maximum Gasteiger partial charge on any atom is -0.00143 e. The fraction of sp³-hybridized carbons (Fsp3) is 0.833. The van der Waals surface area contributed by atoms with Crippen molar-refractivity contribution in [2.24, 2.45) is 5.92 Å². The summed E-state index contributed by atoms with van der Waals surface area (Å²) < 4.78 is 0. The normalized spacial score (nSPS) is 18.8. The lowest BCUT2D eigenvalue weighted by Gasteiger charge is -2.25. The van der Waals surface area contributed by atoms with Crippen LogP contribution in [0.5, 0.6) is 0 Å². The molecule has 13 heavy (non-hydrogen) atoms. The topological polar surface area (TPSA) is 12.0 Å². The van der Waals surface area contributed by atoms with Gasteiger partial charge in [-0.3, -0.25) is 0 Å². The van der Waals surface area contributed by atoms with Crippen molar-refractivity contribution in [1.29, 1.82) is 0 Å². The highest BCUT2D eigenvalue weighted by atomic mass is 14.8. The van der Waals surface area contributed by atoms with Crippen LogP contribution in [0, 0.1) is 5.92 Å². The van der Waals surface area contributed by atoms with Crippen molar-refractivity contribution in [1.82, 2.24) is 5.32 Å². The van der Waals surface area contributed by atoms with E-state index in [1.165, 1.54) is 32.1 Å². The van der Waals surface area contributed by atoms with E-state index in [-0.39, 0.29) is 0 Å². The second kappa shape index (κ2) is 6.20. The van der Waals surface area contributed by atoms with Gasteiger partial charge in [0.15, 0.2) is 0 Å². The monoisotopic (exact) mass is 181 g/mol. The summed E-state index contributed by atoms with van der Waals surface area (Å²) in [5.74, 6) is 1.02. The number of rotatable bonds is 6. The van der Waals surface area contributed by atoms with Crippen molar-refractivity contribution in [2.45, 2.75) is 46.0 Å². The maximum atomic E-state index is 3.34. The molecule has 0 aliphatic heterocycles. The Bertz CT molecular complexity index is 157. The van der Waals surface area contributed by atoms with E-state index in [1.54, 1.807) is 5.57 Å². The summed E-state index contributed by atoms with van der Waals surface area (Å²) in [4.78, 5) is 0. The molecule has 0 spiro atoms. The summed E-state index contributed by atoms with van der Waals surface area (Å²) in [6.07, 6.45) is 9.37. The van der Waals surface area contributed by atoms with Crippen LogP contribution in [0.3, 0.4) is 0 Å². The van der Waals surface area contributed by atoms with Crippen LogP contribution < -0.4 is 5.32 Å². The van der Waals surface area contributed by atoms with Crippen molar-refractivity contribution >= 4 is 0 Å². The fourth-order valence-corrected chi connectivity index (χ4v) is 1.83. The first-order valence-corrected chi connectivity index (χ1v) is 5.69. The van der Waals surface area contributed by atoms with Crippen LogP contribution >= 0.6 is 0 Å². The van der Waals surface area contributed by atoms with Gasteiger partial charge in [0.2, 0.25) is 0 Å². The first kappa shape index (κ1) is 10.8. The lowest BCUT2D eigenvalue weighted by molar-refractivity contribution is 0.313. The molecule has 1 saturated carbocycles. The van der Waals surface area contributed by atoms with Crippen molar-refractivity contribution in [3.05, 3.63) is 11.6 Å². The first-order valence-electron chi connectivity index (χ1n) is 5.69. The standard InChI is InChI=1S/C12H23N/c1-3-13-9-5-6-11(2)10-12-7-4-8-12/h6,12-13H,3-5,7-10H2,1-2H3. The quantitative estimate of drug-likeness (QED) is 0.490. The molecule has 0 saturated heterocycles. The van der Waals surface area contributed by atoms with Gasteiger partial charge < -0.3 is 5.32 Å². The molecule has 1 N–H and O–H groups in total. The molecule has 0 amide bonds. The number of hydrogen-bond donors (Lipinski definition) is 1. The molecule has 1 nitrogen and oxygen atoms in total. The minimum atomic E-state index is 1.02. The third kappa shape index (κ3) is 4.47. The minimum Gasteiger partial charge on any atom is -0.317 e. The molecule has 76 valence electrons. The number of hydrogen-bond acceptors (Lipinski definition) is 1. The van der Waals surface area contributed by atoms with Crippen molar-refractivity contribution in [3.8, 4) is 0 Å². The molecule has 0 aromatic heterocycles. The third-order valence-electron chi connectivity index (χ3n) is 2.90. The van der Waals surface area contributed by atoms with Crippen molar-refractivity contribution in [3.63, 3.8) is 0 Å². The average molecular weight is 181 g/mol. The molecule has 0 aromatic carbocycles. The second-order valence-electron chi connectivity index (χ2n) is 4.19. The molecule has 0 bridgehead atoms. The zero-order valence-electron chi connectivity index (χ0n) is 9.10. The number of nitrogens with one attached hydrogen (secondary N) is 1. The fourth-order valence-electron chi connectivity index (χ4n) is 1.83. The molecular weight excluding hydrogens is 158 g/mol. The van der Waals surface area contributed by atoms with E-state index < -0.39 is 0 Å². The van der Waals surface area contributed by atoms with Crippen molar-refractivity contribution in [2.75, 3.05) is 13.1 Å². The number of allylic oxidation sites excluding steroid dienone is 1. The summed E-state index contributed by atoms with van der Waals surface area (Å²) in [7, 11) is 0.